The van der Waals surface area contributed by atoms with Crippen molar-refractivity contribution in [3.63, 3.8) is 0 Å². The van der Waals surface area contributed by atoms with E-state index in [4.69, 9.17) is 0 Å². The molecule has 0 radical (unpaired) electrons. The van der Waals surface area contributed by atoms with Gasteiger partial charge in [0.2, 0.25) is 0 Å². The van der Waals surface area contributed by atoms with Crippen molar-refractivity contribution in [2.24, 2.45) is 16.8 Å². The first-order valence-electron chi connectivity index (χ1n) is 8.94. The number of imidazole rings is 1. The minimum atomic E-state index is -2.57. The van der Waals surface area contributed by atoms with Crippen LogP contribution in [0.25, 0.3) is 0 Å². The van der Waals surface area contributed by atoms with Gasteiger partial charge in [-0.15, -0.1) is 24.0 Å². The smallest absolute Gasteiger partial charge is 0.319 e. The van der Waals surface area contributed by atoms with E-state index in [1.54, 1.807) is 7.05 Å². The molecule has 0 aliphatic heterocycles. The Labute approximate surface area is 165 Å². The van der Waals surface area contributed by atoms with Crippen LogP contribution in [0.15, 0.2) is 17.4 Å². The minimum absolute atomic E-state index is 0. The van der Waals surface area contributed by atoms with Crippen LogP contribution in [0.5, 0.6) is 0 Å². The maximum atomic E-state index is 12.8. The molecule has 2 N–H and O–H groups in total. The molecule has 3 unspecified atom stereocenters. The molecular formula is C17H28F2IN5. The van der Waals surface area contributed by atoms with Gasteiger partial charge in [0.25, 0.3) is 0 Å². The van der Waals surface area contributed by atoms with Gasteiger partial charge in [0.1, 0.15) is 5.82 Å². The van der Waals surface area contributed by atoms with E-state index in [1.807, 2.05) is 0 Å². The van der Waals surface area contributed by atoms with E-state index in [0.717, 1.165) is 22.8 Å². The third kappa shape index (κ3) is 5.27. The van der Waals surface area contributed by atoms with E-state index in [-0.39, 0.29) is 30.5 Å². The van der Waals surface area contributed by atoms with Crippen LogP contribution in [0.1, 0.15) is 57.3 Å². The van der Waals surface area contributed by atoms with Crippen LogP contribution in [0.3, 0.4) is 0 Å². The van der Waals surface area contributed by atoms with E-state index in [9.17, 15) is 8.78 Å². The number of guanidine groups is 1. The first-order valence-corrected chi connectivity index (χ1v) is 8.94. The lowest BCUT2D eigenvalue weighted by Gasteiger charge is -2.39. The molecule has 5 nitrogen and oxygen atoms in total. The number of hydrogen-bond donors (Lipinski definition) is 2. The fourth-order valence-corrected chi connectivity index (χ4v) is 4.21. The summed E-state index contributed by atoms with van der Waals surface area (Å²) in [5.41, 5.74) is 0. The molecular weight excluding hydrogens is 439 g/mol. The largest absolute Gasteiger partial charge is 0.354 e. The van der Waals surface area contributed by atoms with E-state index in [1.165, 1.54) is 50.9 Å². The maximum absolute atomic E-state index is 12.8. The van der Waals surface area contributed by atoms with Crippen molar-refractivity contribution in [3.05, 3.63) is 18.2 Å². The standard InChI is InChI=1S/C17H27F2N5.HI/c1-20-17(22-11-15-21-8-9-24(15)16(18)19)23-14-7-6-12-4-2-3-5-13(12)10-14;/h8-9,12-14,16H,2-7,10-11H2,1H3,(H2,20,22,23);1H. The summed E-state index contributed by atoms with van der Waals surface area (Å²) in [7, 11) is 1.71. The Balaban J connectivity index is 0.00000225. The lowest BCUT2D eigenvalue weighted by molar-refractivity contribution is 0.0668. The summed E-state index contributed by atoms with van der Waals surface area (Å²) < 4.78 is 26.6. The van der Waals surface area contributed by atoms with E-state index < -0.39 is 6.55 Å². The topological polar surface area (TPSA) is 54.2 Å². The molecule has 3 atom stereocenters. The van der Waals surface area contributed by atoms with Crippen LogP contribution in [-0.2, 0) is 6.54 Å². The molecule has 2 aliphatic rings. The molecule has 2 aliphatic carbocycles. The molecule has 25 heavy (non-hydrogen) atoms. The summed E-state index contributed by atoms with van der Waals surface area (Å²) >= 11 is 0. The van der Waals surface area contributed by atoms with Gasteiger partial charge in [0, 0.05) is 25.5 Å². The molecule has 2 fully saturated rings. The average molecular weight is 467 g/mol. The van der Waals surface area contributed by atoms with Crippen molar-refractivity contribution in [2.45, 2.75) is 64.1 Å². The second-order valence-corrected chi connectivity index (χ2v) is 6.91. The van der Waals surface area contributed by atoms with E-state index in [0.29, 0.717) is 17.8 Å². The van der Waals surface area contributed by atoms with Gasteiger partial charge >= 0.3 is 6.55 Å². The number of aromatic nitrogens is 2. The van der Waals surface area contributed by atoms with Crippen molar-refractivity contribution in [1.82, 2.24) is 20.2 Å². The summed E-state index contributed by atoms with van der Waals surface area (Å²) in [5.74, 6) is 2.72. The highest BCUT2D eigenvalue weighted by Crippen LogP contribution is 2.40. The minimum Gasteiger partial charge on any atom is -0.354 e. The summed E-state index contributed by atoms with van der Waals surface area (Å²) in [5, 5.41) is 6.57. The van der Waals surface area contributed by atoms with Crippen molar-refractivity contribution in [2.75, 3.05) is 7.05 Å². The summed E-state index contributed by atoms with van der Waals surface area (Å²) in [4.78, 5) is 8.21. The number of nitrogens with zero attached hydrogens (tertiary/aromatic N) is 3. The second-order valence-electron chi connectivity index (χ2n) is 6.91. The maximum Gasteiger partial charge on any atom is 0.319 e. The summed E-state index contributed by atoms with van der Waals surface area (Å²) in [6, 6.07) is 0.422. The van der Waals surface area contributed by atoms with E-state index >= 15 is 0 Å². The van der Waals surface area contributed by atoms with Gasteiger partial charge in [-0.05, 0) is 31.1 Å². The fourth-order valence-electron chi connectivity index (χ4n) is 4.21. The Hall–Kier alpha value is -0.930. The Morgan fingerprint density at radius 2 is 2.04 bits per heavy atom. The molecule has 1 aromatic rings. The predicted octanol–water partition coefficient (Wildman–Crippen LogP) is 3.92. The molecule has 2 saturated carbocycles. The highest BCUT2D eigenvalue weighted by Gasteiger charge is 2.32. The van der Waals surface area contributed by atoms with Crippen LogP contribution < -0.4 is 10.6 Å². The zero-order valence-electron chi connectivity index (χ0n) is 14.6. The number of fused-ring (bicyclic) bond motifs is 1. The Morgan fingerprint density at radius 3 is 2.76 bits per heavy atom. The van der Waals surface area contributed by atoms with Gasteiger partial charge in [-0.25, -0.2) is 4.98 Å². The molecule has 8 heteroatoms. The van der Waals surface area contributed by atoms with Crippen molar-refractivity contribution < 1.29 is 8.78 Å². The number of rotatable bonds is 4. The Kier molecular flexibility index (Phi) is 7.89. The Morgan fingerprint density at radius 1 is 1.28 bits per heavy atom. The molecule has 1 heterocycles. The molecule has 0 saturated heterocycles. The number of halogens is 3. The van der Waals surface area contributed by atoms with Gasteiger partial charge < -0.3 is 10.6 Å². The van der Waals surface area contributed by atoms with Crippen LogP contribution in [0, 0.1) is 11.8 Å². The third-order valence-electron chi connectivity index (χ3n) is 5.48. The zero-order chi connectivity index (χ0) is 16.9. The predicted molar refractivity (Wildman–Crippen MR) is 105 cm³/mol. The number of aliphatic imine (C=N–C) groups is 1. The van der Waals surface area contributed by atoms with Gasteiger partial charge in [-0.2, -0.15) is 8.78 Å². The summed E-state index contributed by atoms with van der Waals surface area (Å²) in [6.45, 7) is -2.34. The molecule has 3 rings (SSSR count). The lowest BCUT2D eigenvalue weighted by Crippen LogP contribution is -2.46. The summed E-state index contributed by atoms with van der Waals surface area (Å²) in [6.07, 6.45) is 11.8. The number of nitrogens with one attached hydrogen (secondary N) is 2. The third-order valence-corrected chi connectivity index (χ3v) is 5.48. The first-order chi connectivity index (χ1) is 11.7. The van der Waals surface area contributed by atoms with Crippen LogP contribution in [0.4, 0.5) is 8.78 Å². The normalized spacial score (nSPS) is 26.7. The molecule has 0 spiro atoms. The van der Waals surface area contributed by atoms with Gasteiger partial charge in [0.15, 0.2) is 5.96 Å². The SMILES string of the molecule is CN=C(NCc1nccn1C(F)F)NC1CCC2CCCCC2C1.I. The monoisotopic (exact) mass is 467 g/mol. The molecule has 142 valence electrons. The van der Waals surface area contributed by atoms with Crippen molar-refractivity contribution in [1.29, 1.82) is 0 Å². The average Bonchev–Trinajstić information content (AvgIpc) is 3.07. The van der Waals surface area contributed by atoms with Crippen molar-refractivity contribution >= 4 is 29.9 Å². The van der Waals surface area contributed by atoms with Gasteiger partial charge in [0.05, 0.1) is 6.54 Å². The van der Waals surface area contributed by atoms with Crippen molar-refractivity contribution in [3.8, 4) is 0 Å². The van der Waals surface area contributed by atoms with Gasteiger partial charge in [-0.3, -0.25) is 9.56 Å². The van der Waals surface area contributed by atoms with Crippen LogP contribution in [-0.4, -0.2) is 28.6 Å². The van der Waals surface area contributed by atoms with Crippen LogP contribution >= 0.6 is 24.0 Å². The molecule has 1 aromatic heterocycles. The fraction of sp³-hybridized carbons (Fsp3) is 0.765. The van der Waals surface area contributed by atoms with E-state index in [2.05, 4.69) is 20.6 Å². The highest BCUT2D eigenvalue weighted by molar-refractivity contribution is 14.0. The van der Waals surface area contributed by atoms with Crippen LogP contribution in [0.2, 0.25) is 0 Å². The second kappa shape index (κ2) is 9.68. The lowest BCUT2D eigenvalue weighted by atomic mass is 9.69. The highest BCUT2D eigenvalue weighted by atomic mass is 127. The Bertz CT molecular complexity index is 563. The zero-order valence-corrected chi connectivity index (χ0v) is 17.0. The quantitative estimate of drug-likeness (QED) is 0.401. The van der Waals surface area contributed by atoms with Gasteiger partial charge in [-0.1, -0.05) is 25.7 Å². The first kappa shape index (κ1) is 20.4. The molecule has 0 aromatic carbocycles. The number of hydrogen-bond acceptors (Lipinski definition) is 2. The molecule has 0 bridgehead atoms. The molecule has 0 amide bonds. The number of alkyl halides is 2.